The van der Waals surface area contributed by atoms with Crippen LogP contribution in [0, 0.1) is 0 Å². The zero-order chi connectivity index (χ0) is 9.19. The van der Waals surface area contributed by atoms with Gasteiger partial charge >= 0.3 is 82.7 Å². The van der Waals surface area contributed by atoms with Gasteiger partial charge in [-0.3, -0.25) is 0 Å². The Morgan fingerprint density at radius 2 is 1.93 bits per heavy atom. The third kappa shape index (κ3) is 6.54. The summed E-state index contributed by atoms with van der Waals surface area (Å²) < 4.78 is 1.67. The van der Waals surface area contributed by atoms with E-state index in [1.807, 2.05) is 0 Å². The van der Waals surface area contributed by atoms with E-state index < -0.39 is 16.9 Å². The van der Waals surface area contributed by atoms with Gasteiger partial charge < -0.3 is 24.8 Å². The molecule has 0 saturated heterocycles. The molecule has 0 aromatic carbocycles. The van der Waals surface area contributed by atoms with Gasteiger partial charge in [-0.25, -0.2) is 0 Å². The summed E-state index contributed by atoms with van der Waals surface area (Å²) in [6.07, 6.45) is 7.92. The first kappa shape index (κ1) is 17.5. The molecule has 0 N–H and O–H groups in total. The molecule has 0 nitrogen and oxygen atoms in total. The molecule has 1 rings (SSSR count). The minimum absolute atomic E-state index is 0. The Kier molecular flexibility index (Phi) is 9.19. The van der Waals surface area contributed by atoms with Crippen molar-refractivity contribution in [2.45, 2.75) is 32.3 Å². The van der Waals surface area contributed by atoms with E-state index in [-0.39, 0.29) is 24.8 Å². The first-order chi connectivity index (χ1) is 5.49. The summed E-state index contributed by atoms with van der Waals surface area (Å²) in [6, 6.07) is 0. The average Bonchev–Trinajstić information content (AvgIpc) is 2.32. The van der Waals surface area contributed by atoms with E-state index in [0.717, 1.165) is 6.57 Å². The van der Waals surface area contributed by atoms with Crippen LogP contribution in [0.5, 0.6) is 0 Å². The van der Waals surface area contributed by atoms with E-state index in [1.165, 1.54) is 6.42 Å². The molecule has 0 bridgehead atoms. The van der Waals surface area contributed by atoms with Gasteiger partial charge in [-0.2, -0.15) is 0 Å². The quantitative estimate of drug-likeness (QED) is 0.382. The molecule has 0 spiro atoms. The number of hydrogen-bond acceptors (Lipinski definition) is 0. The SMILES string of the molecule is [CH2]=[Ti+2]([PH]C(C)(C)C)[C]1=CC=CC1.[Cl-].[Cl-]. The van der Waals surface area contributed by atoms with E-state index in [4.69, 9.17) is 0 Å². The van der Waals surface area contributed by atoms with Crippen LogP contribution in [0.3, 0.4) is 0 Å². The fourth-order valence-electron chi connectivity index (χ4n) is 1.20. The normalized spacial score (nSPS) is 14.3. The molecular formula is C10H17Cl2PTi. The van der Waals surface area contributed by atoms with Gasteiger partial charge in [-0.1, -0.05) is 0 Å². The summed E-state index contributed by atoms with van der Waals surface area (Å²) in [5.74, 6) is 0. The van der Waals surface area contributed by atoms with Crippen LogP contribution in [-0.2, 0) is 16.9 Å². The van der Waals surface area contributed by atoms with E-state index in [1.54, 1.807) is 3.88 Å². The summed E-state index contributed by atoms with van der Waals surface area (Å²) in [7, 11) is 0. The number of halogens is 2. The summed E-state index contributed by atoms with van der Waals surface area (Å²) in [5.41, 5.74) is 0. The van der Waals surface area contributed by atoms with Crippen molar-refractivity contribution in [3.05, 3.63) is 22.1 Å². The molecule has 1 unspecified atom stereocenters. The van der Waals surface area contributed by atoms with E-state index >= 15 is 0 Å². The minimum atomic E-state index is -1.07. The van der Waals surface area contributed by atoms with Crippen molar-refractivity contribution in [3.63, 3.8) is 0 Å². The zero-order valence-electron chi connectivity index (χ0n) is 8.90. The van der Waals surface area contributed by atoms with Gasteiger partial charge in [-0.05, 0) is 0 Å². The molecule has 0 amide bonds. The number of hydrogen-bond donors (Lipinski definition) is 0. The van der Waals surface area contributed by atoms with E-state index in [0.29, 0.717) is 5.16 Å². The molecule has 0 aromatic rings. The van der Waals surface area contributed by atoms with Crippen LogP contribution in [0.15, 0.2) is 22.1 Å². The van der Waals surface area contributed by atoms with Gasteiger partial charge in [0.1, 0.15) is 0 Å². The Balaban J connectivity index is 0. The standard InChI is InChI=1S/C5H5.C4H10P.CH2.2ClH.Ti/c1-2-4-5-3-1;1-4(2,3)5;;;;/h1-3H,4H2;5H,1-3H3;1H2;2*1H;/q;-1;;;;+3/p-2. The summed E-state index contributed by atoms with van der Waals surface area (Å²) in [6.45, 7) is 8.07. The van der Waals surface area contributed by atoms with Gasteiger partial charge in [0.25, 0.3) is 0 Å². The van der Waals surface area contributed by atoms with Gasteiger partial charge in [0.05, 0.1) is 0 Å². The van der Waals surface area contributed by atoms with Crippen LogP contribution < -0.4 is 24.8 Å². The Bertz CT molecular complexity index is 251. The summed E-state index contributed by atoms with van der Waals surface area (Å²) >= 11 is -1.07. The topological polar surface area (TPSA) is 0 Å². The van der Waals surface area contributed by atoms with Crippen molar-refractivity contribution in [2.24, 2.45) is 0 Å². The molecular weight excluding hydrogens is 270 g/mol. The molecule has 80 valence electrons. The monoisotopic (exact) mass is 286 g/mol. The molecule has 0 aliphatic heterocycles. The van der Waals surface area contributed by atoms with E-state index in [2.05, 4.69) is 43.8 Å². The van der Waals surface area contributed by atoms with Crippen molar-refractivity contribution >= 4 is 11.4 Å². The van der Waals surface area contributed by atoms with Crippen molar-refractivity contribution in [3.8, 4) is 0 Å². The number of allylic oxidation sites excluding steroid dienone is 4. The second-order valence-electron chi connectivity index (χ2n) is 4.18. The van der Waals surface area contributed by atoms with Crippen LogP contribution in [0.25, 0.3) is 0 Å². The maximum absolute atomic E-state index is 4.38. The Labute approximate surface area is 107 Å². The molecule has 4 heteroatoms. The Morgan fingerprint density at radius 3 is 2.29 bits per heavy atom. The molecule has 1 aliphatic carbocycles. The average molecular weight is 287 g/mol. The van der Waals surface area contributed by atoms with Crippen LogP contribution in [-0.4, -0.2) is 9.97 Å². The third-order valence-electron chi connectivity index (χ3n) is 1.68. The fourth-order valence-corrected chi connectivity index (χ4v) is 9.06. The van der Waals surface area contributed by atoms with Gasteiger partial charge in [-0.15, -0.1) is 0 Å². The maximum atomic E-state index is 4.38. The molecule has 1 aliphatic rings. The third-order valence-corrected chi connectivity index (χ3v) is 10.8. The van der Waals surface area contributed by atoms with Gasteiger partial charge in [0, 0.05) is 0 Å². The molecule has 1 atom stereocenters. The van der Waals surface area contributed by atoms with E-state index in [9.17, 15) is 0 Å². The molecule has 0 aromatic heterocycles. The first-order valence-electron chi connectivity index (χ1n) is 4.32. The molecule has 14 heavy (non-hydrogen) atoms. The van der Waals surface area contributed by atoms with Crippen LogP contribution >= 0.6 is 6.57 Å². The smallest absolute Gasteiger partial charge is 1.00 e. The zero-order valence-corrected chi connectivity index (χ0v) is 13.0. The fraction of sp³-hybridized carbons (Fsp3) is 0.500. The van der Waals surface area contributed by atoms with Crippen LogP contribution in [0.1, 0.15) is 27.2 Å². The van der Waals surface area contributed by atoms with Crippen LogP contribution in [0.2, 0.25) is 0 Å². The minimum Gasteiger partial charge on any atom is -1.00 e. The maximum Gasteiger partial charge on any atom is -1.00 e. The summed E-state index contributed by atoms with van der Waals surface area (Å²) in [4.78, 5) is 4.38. The van der Waals surface area contributed by atoms with Crippen molar-refractivity contribution in [1.29, 1.82) is 0 Å². The second-order valence-corrected chi connectivity index (χ2v) is 12.1. The molecule has 0 heterocycles. The molecule has 0 saturated carbocycles. The Morgan fingerprint density at radius 1 is 1.36 bits per heavy atom. The molecule has 0 radical (unpaired) electrons. The Hall–Kier alpha value is 1.07. The second kappa shape index (κ2) is 7.36. The van der Waals surface area contributed by atoms with Crippen LogP contribution in [0.4, 0.5) is 0 Å². The van der Waals surface area contributed by atoms with Gasteiger partial charge in [0.2, 0.25) is 0 Å². The first-order valence-corrected chi connectivity index (χ1v) is 9.55. The largest absolute Gasteiger partial charge is 1.00 e. The predicted octanol–water partition coefficient (Wildman–Crippen LogP) is -2.72. The van der Waals surface area contributed by atoms with Crippen molar-refractivity contribution in [1.82, 2.24) is 0 Å². The van der Waals surface area contributed by atoms with Crippen molar-refractivity contribution < 1.29 is 41.7 Å². The predicted molar refractivity (Wildman–Crippen MR) is 57.0 cm³/mol. The summed E-state index contributed by atoms with van der Waals surface area (Å²) in [5, 5.41) is 0.501. The number of rotatable bonds is 2. The molecule has 0 fully saturated rings. The van der Waals surface area contributed by atoms with Gasteiger partial charge in [0.15, 0.2) is 0 Å². The van der Waals surface area contributed by atoms with Crippen molar-refractivity contribution in [2.75, 3.05) is 0 Å².